The highest BCUT2D eigenvalue weighted by Crippen LogP contribution is 2.19. The number of hydrogen-bond acceptors (Lipinski definition) is 5. The van der Waals surface area contributed by atoms with E-state index >= 15 is 0 Å². The molecule has 0 unspecified atom stereocenters. The van der Waals surface area contributed by atoms with Crippen LogP contribution in [-0.4, -0.2) is 60.8 Å². The Balaban J connectivity index is 2.06. The first-order valence-electron chi connectivity index (χ1n) is 8.92. The monoisotopic (exact) mass is 382 g/mol. The maximum Gasteiger partial charge on any atom is 0.330 e. The highest BCUT2D eigenvalue weighted by Gasteiger charge is 2.21. The van der Waals surface area contributed by atoms with Crippen LogP contribution in [0.3, 0.4) is 0 Å². The Labute approximate surface area is 157 Å². The lowest BCUT2D eigenvalue weighted by Gasteiger charge is -2.23. The third-order valence-electron chi connectivity index (χ3n) is 4.23. The number of esters is 1. The molecule has 1 heterocycles. The van der Waals surface area contributed by atoms with Crippen LogP contribution in [0.25, 0.3) is 0 Å². The van der Waals surface area contributed by atoms with Gasteiger partial charge in [-0.15, -0.1) is 0 Å². The van der Waals surface area contributed by atoms with Crippen molar-refractivity contribution >= 4 is 17.6 Å². The van der Waals surface area contributed by atoms with E-state index in [2.05, 4.69) is 4.90 Å². The van der Waals surface area contributed by atoms with E-state index in [4.69, 9.17) is 4.74 Å². The van der Waals surface area contributed by atoms with Crippen molar-refractivity contribution < 1.29 is 28.2 Å². The minimum Gasteiger partial charge on any atom is -0.463 e. The van der Waals surface area contributed by atoms with E-state index in [-0.39, 0.29) is 24.9 Å². The Bertz CT molecular complexity index is 696. The summed E-state index contributed by atoms with van der Waals surface area (Å²) in [5.74, 6) is -3.24. The fourth-order valence-corrected chi connectivity index (χ4v) is 2.91. The van der Waals surface area contributed by atoms with Crippen molar-refractivity contribution in [1.29, 1.82) is 0 Å². The molecule has 8 heteroatoms. The highest BCUT2D eigenvalue weighted by molar-refractivity contribution is 6.04. The summed E-state index contributed by atoms with van der Waals surface area (Å²) in [7, 11) is 0. The second kappa shape index (κ2) is 10.1. The van der Waals surface area contributed by atoms with E-state index in [1.165, 1.54) is 11.0 Å². The zero-order chi connectivity index (χ0) is 19.8. The number of carbonyl (C=O) groups excluding carboxylic acids is 2. The Kier molecular flexibility index (Phi) is 7.87. The number of amides is 1. The molecular weight excluding hydrogens is 358 g/mol. The fraction of sp³-hybridized carbons (Fsp3) is 0.474. The minimum absolute atomic E-state index is 0.186. The number of carbonyl (C=O) groups is 2. The van der Waals surface area contributed by atoms with E-state index in [1.807, 2.05) is 0 Å². The molecule has 0 radical (unpaired) electrons. The molecule has 0 aromatic heterocycles. The summed E-state index contributed by atoms with van der Waals surface area (Å²) < 4.78 is 31.5. The maximum atomic E-state index is 13.6. The van der Waals surface area contributed by atoms with E-state index < -0.39 is 23.5 Å². The normalized spacial score (nSPS) is 17.4. The molecule has 1 N–H and O–H groups in total. The summed E-state index contributed by atoms with van der Waals surface area (Å²) in [6.07, 6.45) is 3.02. The van der Waals surface area contributed by atoms with Gasteiger partial charge >= 0.3 is 5.97 Å². The molecule has 1 aliphatic heterocycles. The molecule has 1 amide bonds. The van der Waals surface area contributed by atoms with Crippen molar-refractivity contribution in [3.63, 3.8) is 0 Å². The Morgan fingerprint density at radius 3 is 2.74 bits per heavy atom. The largest absolute Gasteiger partial charge is 0.463 e. The maximum absolute atomic E-state index is 13.6. The predicted octanol–water partition coefficient (Wildman–Crippen LogP) is 1.87. The number of halogens is 2. The van der Waals surface area contributed by atoms with Crippen LogP contribution >= 0.6 is 0 Å². The summed E-state index contributed by atoms with van der Waals surface area (Å²) in [4.78, 5) is 27.3. The van der Waals surface area contributed by atoms with Crippen LogP contribution in [0.15, 0.2) is 30.4 Å². The van der Waals surface area contributed by atoms with Crippen LogP contribution < -0.4 is 4.90 Å². The zero-order valence-electron chi connectivity index (χ0n) is 15.2. The first kappa shape index (κ1) is 21.0. The first-order chi connectivity index (χ1) is 12.9. The Morgan fingerprint density at radius 2 is 2.11 bits per heavy atom. The van der Waals surface area contributed by atoms with Crippen LogP contribution in [-0.2, 0) is 14.3 Å². The number of benzene rings is 1. The predicted molar refractivity (Wildman–Crippen MR) is 96.2 cm³/mol. The lowest BCUT2D eigenvalue weighted by atomic mass is 10.2. The Morgan fingerprint density at radius 1 is 1.33 bits per heavy atom. The molecule has 1 saturated heterocycles. The molecule has 0 aliphatic carbocycles. The molecule has 148 valence electrons. The van der Waals surface area contributed by atoms with Crippen molar-refractivity contribution in [2.24, 2.45) is 0 Å². The highest BCUT2D eigenvalue weighted by atomic mass is 19.2. The second-order valence-corrected chi connectivity index (χ2v) is 6.27. The number of ether oxygens (including phenoxy) is 1. The van der Waals surface area contributed by atoms with E-state index in [0.717, 1.165) is 30.8 Å². The van der Waals surface area contributed by atoms with Gasteiger partial charge in [-0.3, -0.25) is 4.79 Å². The van der Waals surface area contributed by atoms with Crippen LogP contribution in [0, 0.1) is 11.6 Å². The van der Waals surface area contributed by atoms with E-state index in [9.17, 15) is 23.5 Å². The van der Waals surface area contributed by atoms with Gasteiger partial charge in [-0.2, -0.15) is 0 Å². The van der Waals surface area contributed by atoms with Gasteiger partial charge < -0.3 is 19.6 Å². The number of β-amino-alcohol motifs (C(OH)–C–C–N with tert-alkyl or cyclic N) is 1. The number of hydrogen-bond donors (Lipinski definition) is 1. The fourth-order valence-electron chi connectivity index (χ4n) is 2.91. The lowest BCUT2D eigenvalue weighted by Crippen LogP contribution is -2.33. The quantitative estimate of drug-likeness (QED) is 0.549. The molecule has 6 nitrogen and oxygen atoms in total. The summed E-state index contributed by atoms with van der Waals surface area (Å²) >= 11 is 0. The number of aliphatic hydroxyl groups excluding tert-OH is 1. The molecule has 0 bridgehead atoms. The molecule has 0 spiro atoms. The second-order valence-electron chi connectivity index (χ2n) is 6.27. The van der Waals surface area contributed by atoms with Gasteiger partial charge in [0.1, 0.15) is 0 Å². The molecule has 0 saturated carbocycles. The zero-order valence-corrected chi connectivity index (χ0v) is 15.2. The topological polar surface area (TPSA) is 70.1 Å². The molecule has 1 atom stereocenters. The molecule has 1 aromatic carbocycles. The third-order valence-corrected chi connectivity index (χ3v) is 4.23. The van der Waals surface area contributed by atoms with E-state index in [0.29, 0.717) is 25.9 Å². The number of anilines is 1. The van der Waals surface area contributed by atoms with Gasteiger partial charge in [0, 0.05) is 43.5 Å². The van der Waals surface area contributed by atoms with Crippen LogP contribution in [0.1, 0.15) is 19.8 Å². The van der Waals surface area contributed by atoms with Gasteiger partial charge in [-0.1, -0.05) is 0 Å². The third kappa shape index (κ3) is 6.41. The number of likely N-dealkylation sites (tertiary alicyclic amines) is 1. The number of aliphatic hydroxyl groups is 1. The van der Waals surface area contributed by atoms with Crippen molar-refractivity contribution in [3.8, 4) is 0 Å². The summed E-state index contributed by atoms with van der Waals surface area (Å²) in [5.41, 5.74) is 0.203. The van der Waals surface area contributed by atoms with Crippen molar-refractivity contribution in [2.75, 3.05) is 37.7 Å². The molecular formula is C19H24F2N2O4. The average molecular weight is 382 g/mol. The standard InChI is InChI=1S/C19H24F2N2O4/c1-2-27-19(26)7-6-18(25)23(14-4-5-16(20)17(21)12-14)10-3-9-22-11-8-15(24)13-22/h4-7,12,15,24H,2-3,8-11,13H2,1H3/b7-6+/t15-/m0/s1. The molecule has 1 aromatic rings. The van der Waals surface area contributed by atoms with Crippen molar-refractivity contribution in [3.05, 3.63) is 42.0 Å². The average Bonchev–Trinajstić information content (AvgIpc) is 3.05. The van der Waals surface area contributed by atoms with Crippen molar-refractivity contribution in [1.82, 2.24) is 4.90 Å². The van der Waals surface area contributed by atoms with Gasteiger partial charge in [0.15, 0.2) is 11.6 Å². The molecule has 27 heavy (non-hydrogen) atoms. The number of rotatable bonds is 8. The molecule has 1 fully saturated rings. The van der Waals surface area contributed by atoms with Crippen molar-refractivity contribution in [2.45, 2.75) is 25.9 Å². The first-order valence-corrected chi connectivity index (χ1v) is 8.92. The van der Waals surface area contributed by atoms with Gasteiger partial charge in [0.25, 0.3) is 5.91 Å². The lowest BCUT2D eigenvalue weighted by molar-refractivity contribution is -0.137. The summed E-state index contributed by atoms with van der Waals surface area (Å²) in [6.45, 7) is 4.11. The summed E-state index contributed by atoms with van der Waals surface area (Å²) in [6, 6.07) is 3.22. The van der Waals surface area contributed by atoms with Gasteiger partial charge in [0.2, 0.25) is 0 Å². The molecule has 2 rings (SSSR count). The smallest absolute Gasteiger partial charge is 0.330 e. The minimum atomic E-state index is -1.05. The van der Waals surface area contributed by atoms with Gasteiger partial charge in [0.05, 0.1) is 12.7 Å². The Hall–Kier alpha value is -2.32. The van der Waals surface area contributed by atoms with Crippen LogP contribution in [0.2, 0.25) is 0 Å². The van der Waals surface area contributed by atoms with Crippen LogP contribution in [0.4, 0.5) is 14.5 Å². The number of nitrogens with zero attached hydrogens (tertiary/aromatic N) is 2. The SMILES string of the molecule is CCOC(=O)/C=C/C(=O)N(CCCN1CC[C@H](O)C1)c1ccc(F)c(F)c1. The van der Waals surface area contributed by atoms with Crippen LogP contribution in [0.5, 0.6) is 0 Å². The molecule has 1 aliphatic rings. The van der Waals surface area contributed by atoms with Gasteiger partial charge in [-0.25, -0.2) is 13.6 Å². The van der Waals surface area contributed by atoms with Gasteiger partial charge in [-0.05, 0) is 38.4 Å². The van der Waals surface area contributed by atoms with E-state index in [1.54, 1.807) is 6.92 Å². The summed E-state index contributed by atoms with van der Waals surface area (Å²) in [5, 5.41) is 9.56.